The highest BCUT2D eigenvalue weighted by Gasteiger charge is 2.21. The van der Waals surface area contributed by atoms with Crippen molar-refractivity contribution in [1.82, 2.24) is 19.4 Å². The van der Waals surface area contributed by atoms with Gasteiger partial charge in [-0.3, -0.25) is 18.9 Å². The van der Waals surface area contributed by atoms with Crippen LogP contribution in [0.5, 0.6) is 11.6 Å². The molecular weight excluding hydrogens is 486 g/mol. The maximum Gasteiger partial charge on any atom is 0.300 e. The summed E-state index contributed by atoms with van der Waals surface area (Å²) in [5.41, 5.74) is 2.40. The third-order valence-corrected chi connectivity index (χ3v) is 6.80. The number of aryl methyl sites for hydroxylation is 2. The number of methoxy groups -OCH3 is 2. The first-order valence-corrected chi connectivity index (χ1v) is 12.4. The molecule has 1 N–H and O–H groups in total. The van der Waals surface area contributed by atoms with E-state index in [9.17, 15) is 13.2 Å². The molecule has 0 bridgehead atoms. The van der Waals surface area contributed by atoms with Gasteiger partial charge in [-0.25, -0.2) is 18.4 Å². The number of anilines is 1. The molecule has 0 aliphatic rings. The van der Waals surface area contributed by atoms with Crippen LogP contribution in [0.15, 0.2) is 58.6 Å². The molecule has 36 heavy (non-hydrogen) atoms. The summed E-state index contributed by atoms with van der Waals surface area (Å²) in [6.07, 6.45) is 4.48. The average Bonchev–Trinajstić information content (AvgIpc) is 2.85. The van der Waals surface area contributed by atoms with Gasteiger partial charge in [-0.2, -0.15) is 0 Å². The van der Waals surface area contributed by atoms with Crippen molar-refractivity contribution >= 4 is 21.4 Å². The number of ether oxygens (including phenoxy) is 3. The van der Waals surface area contributed by atoms with E-state index in [1.54, 1.807) is 44.3 Å². The Labute approximate surface area is 207 Å². The molecule has 0 aliphatic heterocycles. The van der Waals surface area contributed by atoms with Crippen LogP contribution in [0.3, 0.4) is 0 Å². The fourth-order valence-corrected chi connectivity index (χ4v) is 4.80. The molecule has 11 nitrogen and oxygen atoms in total. The third-order valence-electron chi connectivity index (χ3n) is 5.30. The van der Waals surface area contributed by atoms with Crippen LogP contribution in [-0.2, 0) is 14.8 Å². The van der Waals surface area contributed by atoms with Gasteiger partial charge >= 0.3 is 0 Å². The molecule has 0 unspecified atom stereocenters. The second-order valence-electron chi connectivity index (χ2n) is 7.84. The van der Waals surface area contributed by atoms with Crippen molar-refractivity contribution in [2.45, 2.75) is 18.7 Å². The summed E-state index contributed by atoms with van der Waals surface area (Å²) in [4.78, 5) is 25.7. The number of nitrogens with zero attached hydrogens (tertiary/aromatic N) is 4. The smallest absolute Gasteiger partial charge is 0.300 e. The van der Waals surface area contributed by atoms with E-state index in [0.29, 0.717) is 34.8 Å². The monoisotopic (exact) mass is 511 g/mol. The molecule has 0 saturated heterocycles. The Kier molecular flexibility index (Phi) is 7.17. The zero-order valence-corrected chi connectivity index (χ0v) is 21.0. The van der Waals surface area contributed by atoms with E-state index in [-0.39, 0.29) is 34.4 Å². The van der Waals surface area contributed by atoms with Gasteiger partial charge in [0, 0.05) is 36.3 Å². The maximum absolute atomic E-state index is 13.1. The number of sulfonamides is 1. The lowest BCUT2D eigenvalue weighted by Gasteiger charge is -2.14. The molecule has 12 heteroatoms. The Balaban J connectivity index is 1.73. The van der Waals surface area contributed by atoms with Gasteiger partial charge in [0.1, 0.15) is 22.8 Å². The van der Waals surface area contributed by atoms with Crippen LogP contribution in [0.1, 0.15) is 11.4 Å². The van der Waals surface area contributed by atoms with E-state index in [2.05, 4.69) is 19.7 Å². The van der Waals surface area contributed by atoms with E-state index >= 15 is 0 Å². The molecule has 0 spiro atoms. The molecule has 4 rings (SSSR count). The van der Waals surface area contributed by atoms with Gasteiger partial charge in [-0.1, -0.05) is 0 Å². The van der Waals surface area contributed by atoms with Gasteiger partial charge < -0.3 is 14.2 Å². The zero-order chi connectivity index (χ0) is 25.9. The van der Waals surface area contributed by atoms with Crippen LogP contribution in [-0.4, -0.2) is 55.2 Å². The summed E-state index contributed by atoms with van der Waals surface area (Å²) >= 11 is 0. The Morgan fingerprint density at radius 2 is 1.81 bits per heavy atom. The first kappa shape index (κ1) is 25.1. The molecule has 0 radical (unpaired) electrons. The maximum atomic E-state index is 13.1. The number of aromatic nitrogens is 4. The molecule has 0 saturated carbocycles. The van der Waals surface area contributed by atoms with E-state index < -0.39 is 10.0 Å². The molecule has 188 valence electrons. The van der Waals surface area contributed by atoms with Crippen molar-refractivity contribution in [3.05, 3.63) is 70.7 Å². The van der Waals surface area contributed by atoms with E-state index in [4.69, 9.17) is 14.2 Å². The summed E-state index contributed by atoms with van der Waals surface area (Å²) < 4.78 is 45.8. The Morgan fingerprint density at radius 1 is 1.00 bits per heavy atom. The Hall–Kier alpha value is -4.03. The predicted molar refractivity (Wildman–Crippen MR) is 133 cm³/mol. The molecule has 0 aliphatic carbocycles. The van der Waals surface area contributed by atoms with Gasteiger partial charge in [-0.05, 0) is 44.2 Å². The fraction of sp³-hybridized carbons (Fsp3) is 0.250. The first-order chi connectivity index (χ1) is 17.2. The average molecular weight is 512 g/mol. The molecule has 0 fully saturated rings. The molecule has 4 aromatic rings. The molecule has 0 amide bonds. The summed E-state index contributed by atoms with van der Waals surface area (Å²) in [5, 5.41) is 0. The minimum absolute atomic E-state index is 0.0462. The number of hydrogen-bond acceptors (Lipinski definition) is 9. The van der Waals surface area contributed by atoms with Gasteiger partial charge in [0.2, 0.25) is 11.6 Å². The van der Waals surface area contributed by atoms with Gasteiger partial charge in [0.25, 0.3) is 15.6 Å². The van der Waals surface area contributed by atoms with Crippen LogP contribution in [0.25, 0.3) is 16.8 Å². The lowest BCUT2D eigenvalue weighted by molar-refractivity contribution is 0.145. The van der Waals surface area contributed by atoms with Crippen LogP contribution >= 0.6 is 0 Å². The lowest BCUT2D eigenvalue weighted by Crippen LogP contribution is -2.19. The second-order valence-corrected chi connectivity index (χ2v) is 9.49. The Bertz CT molecular complexity index is 1590. The largest absolute Gasteiger partial charge is 0.484 e. The highest BCUT2D eigenvalue weighted by Crippen LogP contribution is 2.30. The predicted octanol–water partition coefficient (Wildman–Crippen LogP) is 2.60. The number of fused-ring (bicyclic) bond motifs is 1. The molecule has 4 aromatic heterocycles. The number of rotatable bonds is 9. The fourth-order valence-electron chi connectivity index (χ4n) is 3.57. The van der Waals surface area contributed by atoms with Crippen molar-refractivity contribution in [2.24, 2.45) is 0 Å². The van der Waals surface area contributed by atoms with E-state index in [0.717, 1.165) is 0 Å². The highest BCUT2D eigenvalue weighted by atomic mass is 32.2. The number of hydrogen-bond donors (Lipinski definition) is 1. The standard InChI is InChI=1S/C24H25N5O6S/c1-15-5-7-21(16(2)27-15)36(31,32)28-19-11-18(12-26-23(19)34-4)17-6-8-22-25-13-20(35-10-9-33-3)24(30)29(22)14-17/h5-8,11-14,28H,9-10H2,1-4H3. The first-order valence-electron chi connectivity index (χ1n) is 10.9. The SMILES string of the molecule is COCCOc1cnc2ccc(-c3cnc(OC)c(NS(=O)(=O)c4ccc(C)nc4C)c3)cn2c1=O. The quantitative estimate of drug-likeness (QED) is 0.337. The lowest BCUT2D eigenvalue weighted by atomic mass is 10.1. The van der Waals surface area contributed by atoms with Crippen molar-refractivity contribution in [1.29, 1.82) is 0 Å². The summed E-state index contributed by atoms with van der Waals surface area (Å²) in [5.74, 6) is 0.179. The van der Waals surface area contributed by atoms with Crippen LogP contribution in [0.2, 0.25) is 0 Å². The van der Waals surface area contributed by atoms with Gasteiger partial charge in [0.15, 0.2) is 0 Å². The van der Waals surface area contributed by atoms with Crippen molar-refractivity contribution in [3.63, 3.8) is 0 Å². The Morgan fingerprint density at radius 3 is 2.53 bits per heavy atom. The van der Waals surface area contributed by atoms with E-state index in [1.165, 1.54) is 37.1 Å². The number of nitrogens with one attached hydrogen (secondary N) is 1. The molecule has 4 heterocycles. The topological polar surface area (TPSA) is 134 Å². The van der Waals surface area contributed by atoms with Crippen molar-refractivity contribution < 1.29 is 22.6 Å². The van der Waals surface area contributed by atoms with Gasteiger partial charge in [-0.15, -0.1) is 0 Å². The van der Waals surface area contributed by atoms with Crippen molar-refractivity contribution in [2.75, 3.05) is 32.2 Å². The third kappa shape index (κ3) is 5.14. The summed E-state index contributed by atoms with van der Waals surface area (Å²) in [6.45, 7) is 3.95. The van der Waals surface area contributed by atoms with Gasteiger partial charge in [0.05, 0.1) is 25.6 Å². The zero-order valence-electron chi connectivity index (χ0n) is 20.2. The van der Waals surface area contributed by atoms with Crippen LogP contribution in [0, 0.1) is 13.8 Å². The second kappa shape index (κ2) is 10.3. The molecule has 0 aromatic carbocycles. The van der Waals surface area contributed by atoms with E-state index in [1.807, 2.05) is 0 Å². The molecule has 0 atom stereocenters. The molecular formula is C24H25N5O6S. The minimum atomic E-state index is -3.97. The highest BCUT2D eigenvalue weighted by molar-refractivity contribution is 7.92. The van der Waals surface area contributed by atoms with Crippen LogP contribution in [0.4, 0.5) is 5.69 Å². The summed E-state index contributed by atoms with van der Waals surface area (Å²) in [6, 6.07) is 8.13. The number of pyridine rings is 3. The van der Waals surface area contributed by atoms with Crippen LogP contribution < -0.4 is 19.8 Å². The van der Waals surface area contributed by atoms with Crippen molar-refractivity contribution in [3.8, 4) is 22.8 Å². The normalized spacial score (nSPS) is 11.4. The minimum Gasteiger partial charge on any atom is -0.484 e. The summed E-state index contributed by atoms with van der Waals surface area (Å²) in [7, 11) is -1.04.